The third-order valence-electron chi connectivity index (χ3n) is 0.524. The quantitative estimate of drug-likeness (QED) is 0.436. The van der Waals surface area contributed by atoms with Crippen LogP contribution in [0.4, 0.5) is 0 Å². The highest BCUT2D eigenvalue weighted by atomic mass is 32.3. The van der Waals surface area contributed by atoms with Gasteiger partial charge in [-0.05, 0) is 13.8 Å². The molecule has 0 fully saturated rings. The second-order valence-electron chi connectivity index (χ2n) is 1.22. The first-order valence-electron chi connectivity index (χ1n) is 2.99. The van der Waals surface area contributed by atoms with Crippen molar-refractivity contribution in [2.45, 2.75) is 13.8 Å². The molecule has 0 saturated carbocycles. The molecule has 70 valence electrons. The van der Waals surface area contributed by atoms with Crippen molar-refractivity contribution < 1.29 is 16.8 Å². The molecule has 0 aliphatic carbocycles. The molecule has 0 unspecified atom stereocenters. The van der Waals surface area contributed by atoms with Crippen molar-refractivity contribution in [3.63, 3.8) is 0 Å². The predicted molar refractivity (Wildman–Crippen MR) is 40.5 cm³/mol. The molecule has 0 heterocycles. The van der Waals surface area contributed by atoms with Gasteiger partial charge < -0.3 is 0 Å². The molecule has 7 heteroatoms. The summed E-state index contributed by atoms with van der Waals surface area (Å²) in [5, 5.41) is 0. The second kappa shape index (κ2) is 7.89. The van der Waals surface area contributed by atoms with Gasteiger partial charge in [0.25, 0.3) is 0 Å². The number of hydrogen-bond acceptors (Lipinski definition) is 6. The van der Waals surface area contributed by atoms with Gasteiger partial charge in [0, 0.05) is 0 Å². The Hall–Kier alpha value is -0.210. The fourth-order valence-electron chi connectivity index (χ4n) is 0.323. The molecule has 0 aromatic rings. The van der Waals surface area contributed by atoms with E-state index in [1.165, 1.54) is 0 Å². The third-order valence-corrected chi connectivity index (χ3v) is 1.57. The van der Waals surface area contributed by atoms with Gasteiger partial charge in [0.1, 0.15) is 0 Å². The summed E-state index contributed by atoms with van der Waals surface area (Å²) in [6.07, 6.45) is 0. The summed E-state index contributed by atoms with van der Waals surface area (Å²) < 4.78 is 29.2. The summed E-state index contributed by atoms with van der Waals surface area (Å²) in [7, 11) is -3.68. The third kappa shape index (κ3) is 9.79. The minimum atomic E-state index is -3.68. The van der Waals surface area contributed by atoms with E-state index >= 15 is 0 Å². The monoisotopic (exact) mass is 186 g/mol. The molecule has 0 radical (unpaired) electrons. The van der Waals surface area contributed by atoms with Crippen molar-refractivity contribution in [1.82, 2.24) is 0 Å². The maximum absolute atomic E-state index is 10.4. The Bertz CT molecular complexity index is 143. The van der Waals surface area contributed by atoms with E-state index in [1.807, 2.05) is 0 Å². The van der Waals surface area contributed by atoms with E-state index in [2.05, 4.69) is 20.1 Å². The Kier molecular flexibility index (Phi) is 9.60. The minimum absolute atomic E-state index is 0.113. The molecule has 0 saturated heterocycles. The molecule has 0 aliphatic heterocycles. The zero-order chi connectivity index (χ0) is 9.33. The first-order chi connectivity index (χ1) is 5.12. The van der Waals surface area contributed by atoms with Crippen LogP contribution < -0.4 is 11.7 Å². The maximum atomic E-state index is 10.4. The lowest BCUT2D eigenvalue weighted by molar-refractivity contribution is 0.231. The van der Waals surface area contributed by atoms with Crippen LogP contribution in [0.2, 0.25) is 0 Å². The van der Waals surface area contributed by atoms with Crippen LogP contribution in [-0.4, -0.2) is 21.6 Å². The molecule has 6 nitrogen and oxygen atoms in total. The van der Waals surface area contributed by atoms with Crippen molar-refractivity contribution in [3.05, 3.63) is 0 Å². The van der Waals surface area contributed by atoms with Crippen LogP contribution in [0.25, 0.3) is 0 Å². The van der Waals surface area contributed by atoms with Crippen molar-refractivity contribution in [1.29, 1.82) is 0 Å². The molecule has 0 bridgehead atoms. The Morgan fingerprint density at radius 3 is 1.55 bits per heavy atom. The van der Waals surface area contributed by atoms with Gasteiger partial charge in [-0.25, -0.2) is 8.37 Å². The van der Waals surface area contributed by atoms with Gasteiger partial charge in [-0.15, -0.1) is 0 Å². The zero-order valence-electron chi connectivity index (χ0n) is 6.61. The van der Waals surface area contributed by atoms with Gasteiger partial charge in [-0.2, -0.15) is 8.42 Å². The fourth-order valence-corrected chi connectivity index (χ4v) is 0.968. The summed E-state index contributed by atoms with van der Waals surface area (Å²) in [5.74, 6) is 8.00. The number of hydrogen-bond donors (Lipinski definition) is 2. The smallest absolute Gasteiger partial charge is 0.274 e. The normalized spacial score (nSPS) is 10.2. The molecule has 4 N–H and O–H groups in total. The molecule has 11 heavy (non-hydrogen) atoms. The molecule has 0 rings (SSSR count). The molecular weight excluding hydrogens is 172 g/mol. The fraction of sp³-hybridized carbons (Fsp3) is 1.00. The molecule has 0 aromatic heterocycles. The predicted octanol–water partition coefficient (Wildman–Crippen LogP) is -0.877. The highest BCUT2D eigenvalue weighted by Gasteiger charge is 2.06. The van der Waals surface area contributed by atoms with Crippen molar-refractivity contribution in [3.8, 4) is 0 Å². The van der Waals surface area contributed by atoms with Crippen molar-refractivity contribution >= 4 is 10.4 Å². The maximum Gasteiger partial charge on any atom is 0.399 e. The van der Waals surface area contributed by atoms with E-state index < -0.39 is 10.4 Å². The second-order valence-corrected chi connectivity index (χ2v) is 2.51. The number of nitrogens with two attached hydrogens (primary N) is 2. The lowest BCUT2D eigenvalue weighted by Crippen LogP contribution is -2.09. The molecule has 0 aliphatic rings. The summed E-state index contributed by atoms with van der Waals surface area (Å²) in [5.41, 5.74) is 0. The van der Waals surface area contributed by atoms with Gasteiger partial charge in [-0.3, -0.25) is 11.7 Å². The molecular formula is C4H14N2O4S. The largest absolute Gasteiger partial charge is 0.399 e. The minimum Gasteiger partial charge on any atom is -0.274 e. The lowest BCUT2D eigenvalue weighted by atomic mass is 10.9. The Morgan fingerprint density at radius 2 is 1.36 bits per heavy atom. The molecule has 0 amide bonds. The topological polar surface area (TPSA) is 105 Å². The first-order valence-corrected chi connectivity index (χ1v) is 4.32. The first kappa shape index (κ1) is 13.4. The van der Waals surface area contributed by atoms with Crippen molar-refractivity contribution in [2.75, 3.05) is 13.2 Å². The summed E-state index contributed by atoms with van der Waals surface area (Å²) >= 11 is 0. The van der Waals surface area contributed by atoms with E-state index in [4.69, 9.17) is 0 Å². The Labute approximate surface area is 66.8 Å². The SMILES string of the molecule is CCOS(=O)(=O)OCC.NN. The van der Waals surface area contributed by atoms with Gasteiger partial charge >= 0.3 is 10.4 Å². The van der Waals surface area contributed by atoms with Crippen LogP contribution in [0, 0.1) is 0 Å². The number of rotatable bonds is 4. The summed E-state index contributed by atoms with van der Waals surface area (Å²) in [4.78, 5) is 0. The van der Waals surface area contributed by atoms with Crippen LogP contribution in [0.15, 0.2) is 0 Å². The van der Waals surface area contributed by atoms with Crippen molar-refractivity contribution in [2.24, 2.45) is 11.7 Å². The molecule has 0 atom stereocenters. The van der Waals surface area contributed by atoms with Crippen LogP contribution in [0.1, 0.15) is 13.8 Å². The average molecular weight is 186 g/mol. The Morgan fingerprint density at radius 1 is 1.09 bits per heavy atom. The number of hydrazine groups is 1. The Balaban J connectivity index is 0. The highest BCUT2D eigenvalue weighted by Crippen LogP contribution is 1.93. The van der Waals surface area contributed by atoms with Crippen LogP contribution in [0.3, 0.4) is 0 Å². The summed E-state index contributed by atoms with van der Waals surface area (Å²) in [6, 6.07) is 0. The van der Waals surface area contributed by atoms with Crippen LogP contribution in [0.5, 0.6) is 0 Å². The molecule has 0 spiro atoms. The van der Waals surface area contributed by atoms with Gasteiger partial charge in [0.05, 0.1) is 13.2 Å². The van der Waals surface area contributed by atoms with E-state index in [1.54, 1.807) is 13.8 Å². The lowest BCUT2D eigenvalue weighted by Gasteiger charge is -1.99. The van der Waals surface area contributed by atoms with Gasteiger partial charge in [0.2, 0.25) is 0 Å². The highest BCUT2D eigenvalue weighted by molar-refractivity contribution is 7.81. The van der Waals surface area contributed by atoms with Crippen LogP contribution in [-0.2, 0) is 18.8 Å². The van der Waals surface area contributed by atoms with E-state index in [0.29, 0.717) is 0 Å². The summed E-state index contributed by atoms with van der Waals surface area (Å²) in [6.45, 7) is 3.39. The zero-order valence-corrected chi connectivity index (χ0v) is 7.43. The van der Waals surface area contributed by atoms with Crippen LogP contribution >= 0.6 is 0 Å². The van der Waals surface area contributed by atoms with Gasteiger partial charge in [-0.1, -0.05) is 0 Å². The average Bonchev–Trinajstić information content (AvgIpc) is 1.91. The molecule has 0 aromatic carbocycles. The van der Waals surface area contributed by atoms with E-state index in [-0.39, 0.29) is 13.2 Å². The van der Waals surface area contributed by atoms with Gasteiger partial charge in [0.15, 0.2) is 0 Å². The van der Waals surface area contributed by atoms with E-state index in [9.17, 15) is 8.42 Å². The van der Waals surface area contributed by atoms with E-state index in [0.717, 1.165) is 0 Å². The standard InChI is InChI=1S/C4H10O4S.H4N2/c1-3-7-9(5,6)8-4-2;1-2/h3-4H2,1-2H3;1-2H2.